The maximum Gasteiger partial charge on any atom is 0.105 e. The first kappa shape index (κ1) is 14.8. The van der Waals surface area contributed by atoms with E-state index in [-0.39, 0.29) is 5.54 Å². The summed E-state index contributed by atoms with van der Waals surface area (Å²) in [5.74, 6) is 0.886. The van der Waals surface area contributed by atoms with Gasteiger partial charge in [0.05, 0.1) is 6.07 Å². The Hall–Kier alpha value is -0.590. The smallest absolute Gasteiger partial charge is 0.105 e. The van der Waals surface area contributed by atoms with Gasteiger partial charge in [-0.2, -0.15) is 5.26 Å². The van der Waals surface area contributed by atoms with Crippen LogP contribution in [-0.4, -0.2) is 36.1 Å². The number of nitrogens with one attached hydrogen (secondary N) is 1. The van der Waals surface area contributed by atoms with Crippen molar-refractivity contribution in [3.63, 3.8) is 0 Å². The molecule has 108 valence electrons. The molecule has 3 heteroatoms. The third-order valence-electron chi connectivity index (χ3n) is 4.82. The van der Waals surface area contributed by atoms with Gasteiger partial charge in [0.1, 0.15) is 5.54 Å². The van der Waals surface area contributed by atoms with Crippen LogP contribution in [0.15, 0.2) is 0 Å². The molecule has 0 radical (unpaired) electrons. The van der Waals surface area contributed by atoms with E-state index in [4.69, 9.17) is 0 Å². The Morgan fingerprint density at radius 1 is 1.32 bits per heavy atom. The first-order valence-electron chi connectivity index (χ1n) is 7.91. The van der Waals surface area contributed by atoms with Crippen molar-refractivity contribution in [2.24, 2.45) is 5.92 Å². The Morgan fingerprint density at radius 2 is 1.95 bits per heavy atom. The molecule has 0 bridgehead atoms. The summed E-state index contributed by atoms with van der Waals surface area (Å²) in [5, 5.41) is 13.0. The van der Waals surface area contributed by atoms with Crippen LogP contribution >= 0.6 is 0 Å². The SMILES string of the molecule is CC(CC(C)(C#N)NC1CC1)N(C)CC1CCCC1. The zero-order valence-corrected chi connectivity index (χ0v) is 12.8. The van der Waals surface area contributed by atoms with Crippen LogP contribution in [0.4, 0.5) is 0 Å². The molecule has 0 heterocycles. The van der Waals surface area contributed by atoms with E-state index in [1.165, 1.54) is 45.1 Å². The lowest BCUT2D eigenvalue weighted by atomic mass is 9.93. The highest BCUT2D eigenvalue weighted by Gasteiger charge is 2.34. The summed E-state index contributed by atoms with van der Waals surface area (Å²) in [6.07, 6.45) is 9.01. The summed E-state index contributed by atoms with van der Waals surface area (Å²) in [4.78, 5) is 2.46. The van der Waals surface area contributed by atoms with Crippen LogP contribution in [-0.2, 0) is 0 Å². The van der Waals surface area contributed by atoms with Crippen LogP contribution in [0.1, 0.15) is 58.8 Å². The van der Waals surface area contributed by atoms with E-state index in [1.54, 1.807) is 0 Å². The molecular weight excluding hydrogens is 234 g/mol. The lowest BCUT2D eigenvalue weighted by molar-refractivity contribution is 0.186. The van der Waals surface area contributed by atoms with Crippen LogP contribution in [0.5, 0.6) is 0 Å². The third kappa shape index (κ3) is 4.47. The summed E-state index contributed by atoms with van der Waals surface area (Å²) in [5.41, 5.74) is -0.357. The predicted octanol–water partition coefficient (Wildman–Crippen LogP) is 2.92. The highest BCUT2D eigenvalue weighted by Crippen LogP contribution is 2.28. The molecule has 0 aromatic carbocycles. The summed E-state index contributed by atoms with van der Waals surface area (Å²) >= 11 is 0. The van der Waals surface area contributed by atoms with Crippen molar-refractivity contribution < 1.29 is 0 Å². The molecule has 2 fully saturated rings. The topological polar surface area (TPSA) is 39.1 Å². The second kappa shape index (κ2) is 6.24. The van der Waals surface area contributed by atoms with Crippen molar-refractivity contribution >= 4 is 0 Å². The minimum atomic E-state index is -0.357. The molecule has 0 aromatic rings. The van der Waals surface area contributed by atoms with Crippen molar-refractivity contribution in [3.8, 4) is 6.07 Å². The Kier molecular flexibility index (Phi) is 4.86. The zero-order valence-electron chi connectivity index (χ0n) is 12.8. The fourth-order valence-electron chi connectivity index (χ4n) is 3.34. The Balaban J connectivity index is 1.80. The molecular formula is C16H29N3. The van der Waals surface area contributed by atoms with E-state index in [0.717, 1.165) is 12.3 Å². The van der Waals surface area contributed by atoms with Gasteiger partial charge in [0.2, 0.25) is 0 Å². The first-order chi connectivity index (χ1) is 9.02. The van der Waals surface area contributed by atoms with Gasteiger partial charge in [-0.3, -0.25) is 5.32 Å². The molecule has 2 atom stereocenters. The number of hydrogen-bond donors (Lipinski definition) is 1. The fraction of sp³-hybridized carbons (Fsp3) is 0.938. The Morgan fingerprint density at radius 3 is 2.47 bits per heavy atom. The van der Waals surface area contributed by atoms with Crippen LogP contribution in [0.3, 0.4) is 0 Å². The van der Waals surface area contributed by atoms with Crippen LogP contribution in [0.25, 0.3) is 0 Å². The van der Waals surface area contributed by atoms with E-state index < -0.39 is 0 Å². The third-order valence-corrected chi connectivity index (χ3v) is 4.82. The van der Waals surface area contributed by atoms with Gasteiger partial charge < -0.3 is 4.90 Å². The molecule has 2 rings (SSSR count). The maximum atomic E-state index is 9.45. The molecule has 0 amide bonds. The lowest BCUT2D eigenvalue weighted by Gasteiger charge is -2.33. The van der Waals surface area contributed by atoms with Gasteiger partial charge >= 0.3 is 0 Å². The van der Waals surface area contributed by atoms with E-state index >= 15 is 0 Å². The molecule has 2 aliphatic rings. The van der Waals surface area contributed by atoms with Gasteiger partial charge in [-0.05, 0) is 58.9 Å². The van der Waals surface area contributed by atoms with Gasteiger partial charge in [0.15, 0.2) is 0 Å². The van der Waals surface area contributed by atoms with Crippen molar-refractivity contribution in [1.82, 2.24) is 10.2 Å². The van der Waals surface area contributed by atoms with Crippen LogP contribution in [0, 0.1) is 17.2 Å². The first-order valence-corrected chi connectivity index (χ1v) is 7.91. The molecule has 19 heavy (non-hydrogen) atoms. The van der Waals surface area contributed by atoms with Crippen molar-refractivity contribution in [3.05, 3.63) is 0 Å². The lowest BCUT2D eigenvalue weighted by Crippen LogP contribution is -2.48. The molecule has 0 aliphatic heterocycles. The molecule has 2 saturated carbocycles. The molecule has 3 nitrogen and oxygen atoms in total. The Bertz CT molecular complexity index is 325. The largest absolute Gasteiger partial charge is 0.303 e. The van der Waals surface area contributed by atoms with Gasteiger partial charge in [-0.15, -0.1) is 0 Å². The van der Waals surface area contributed by atoms with Gasteiger partial charge in [0, 0.05) is 18.6 Å². The van der Waals surface area contributed by atoms with Crippen molar-refractivity contribution in [1.29, 1.82) is 5.26 Å². The van der Waals surface area contributed by atoms with Crippen LogP contribution in [0.2, 0.25) is 0 Å². The summed E-state index contributed by atoms with van der Waals surface area (Å²) in [6, 6.07) is 3.55. The molecule has 0 saturated heterocycles. The number of nitrogens with zero attached hydrogens (tertiary/aromatic N) is 2. The van der Waals surface area contributed by atoms with E-state index in [2.05, 4.69) is 37.2 Å². The van der Waals surface area contributed by atoms with E-state index in [9.17, 15) is 5.26 Å². The summed E-state index contributed by atoms with van der Waals surface area (Å²) in [6.45, 7) is 5.52. The molecule has 1 N–H and O–H groups in total. The standard InChI is InChI=1S/C16H29N3/c1-13(19(3)11-14-6-4-5-7-14)10-16(2,12-17)18-15-8-9-15/h13-15,18H,4-11H2,1-3H3. The van der Waals surface area contributed by atoms with Gasteiger partial charge in [0.25, 0.3) is 0 Å². The second-order valence-electron chi connectivity index (χ2n) is 7.01. The molecule has 0 spiro atoms. The highest BCUT2D eigenvalue weighted by molar-refractivity contribution is 5.08. The number of nitriles is 1. The minimum absolute atomic E-state index is 0.357. The maximum absolute atomic E-state index is 9.45. The van der Waals surface area contributed by atoms with Gasteiger partial charge in [-0.1, -0.05) is 12.8 Å². The minimum Gasteiger partial charge on any atom is -0.303 e. The predicted molar refractivity (Wildman–Crippen MR) is 78.8 cm³/mol. The fourth-order valence-corrected chi connectivity index (χ4v) is 3.34. The number of rotatable bonds is 7. The monoisotopic (exact) mass is 263 g/mol. The van der Waals surface area contributed by atoms with Gasteiger partial charge in [-0.25, -0.2) is 0 Å². The van der Waals surface area contributed by atoms with Crippen molar-refractivity contribution in [2.45, 2.75) is 76.4 Å². The highest BCUT2D eigenvalue weighted by atomic mass is 15.1. The quantitative estimate of drug-likeness (QED) is 0.767. The summed E-state index contributed by atoms with van der Waals surface area (Å²) in [7, 11) is 2.22. The second-order valence-corrected chi connectivity index (χ2v) is 7.01. The summed E-state index contributed by atoms with van der Waals surface area (Å²) < 4.78 is 0. The number of hydrogen-bond acceptors (Lipinski definition) is 3. The Labute approximate surface area is 118 Å². The average molecular weight is 263 g/mol. The average Bonchev–Trinajstić information content (AvgIpc) is 3.02. The zero-order chi connectivity index (χ0) is 13.9. The molecule has 2 aliphatic carbocycles. The van der Waals surface area contributed by atoms with Crippen LogP contribution < -0.4 is 5.32 Å². The molecule has 0 aromatic heterocycles. The van der Waals surface area contributed by atoms with E-state index in [1.807, 2.05) is 0 Å². The van der Waals surface area contributed by atoms with Crippen molar-refractivity contribution in [2.75, 3.05) is 13.6 Å². The molecule has 2 unspecified atom stereocenters. The normalized spacial score (nSPS) is 25.2. The van der Waals surface area contributed by atoms with E-state index in [0.29, 0.717) is 12.1 Å².